The smallest absolute Gasteiger partial charge is 0.240 e. The Morgan fingerprint density at radius 1 is 1.50 bits per heavy atom. The zero-order chi connectivity index (χ0) is 10.4. The second-order valence-electron chi connectivity index (χ2n) is 3.88. The molecule has 4 heteroatoms. The maximum Gasteiger partial charge on any atom is 0.240 e. The van der Waals surface area contributed by atoms with Gasteiger partial charge in [-0.1, -0.05) is 13.3 Å². The molecule has 1 rings (SSSR count). The molecule has 0 aliphatic heterocycles. The average molecular weight is 200 g/mol. The van der Waals surface area contributed by atoms with E-state index in [2.05, 4.69) is 12.2 Å². The molecule has 0 aromatic carbocycles. The van der Waals surface area contributed by atoms with E-state index in [1.807, 2.05) is 0 Å². The number of amides is 1. The van der Waals surface area contributed by atoms with Crippen molar-refractivity contribution in [2.24, 2.45) is 5.73 Å². The van der Waals surface area contributed by atoms with E-state index in [1.54, 1.807) is 0 Å². The maximum absolute atomic E-state index is 11.3. The fourth-order valence-corrected chi connectivity index (χ4v) is 1.12. The summed E-state index contributed by atoms with van der Waals surface area (Å²) >= 11 is 0. The summed E-state index contributed by atoms with van der Waals surface area (Å²) in [5, 5.41) is 2.77. The van der Waals surface area contributed by atoms with Crippen molar-refractivity contribution in [1.82, 2.24) is 5.32 Å². The molecule has 1 fully saturated rings. The number of hydrogen-bond donors (Lipinski definition) is 2. The van der Waals surface area contributed by atoms with Gasteiger partial charge in [-0.3, -0.25) is 4.79 Å². The molecule has 14 heavy (non-hydrogen) atoms. The van der Waals surface area contributed by atoms with E-state index in [4.69, 9.17) is 10.5 Å². The molecule has 1 saturated carbocycles. The van der Waals surface area contributed by atoms with Crippen molar-refractivity contribution < 1.29 is 9.53 Å². The van der Waals surface area contributed by atoms with Gasteiger partial charge >= 0.3 is 0 Å². The number of carbonyl (C=O) groups is 1. The van der Waals surface area contributed by atoms with Crippen LogP contribution in [0.15, 0.2) is 0 Å². The summed E-state index contributed by atoms with van der Waals surface area (Å²) in [5.74, 6) is -0.0309. The summed E-state index contributed by atoms with van der Waals surface area (Å²) in [7, 11) is 0. The second-order valence-corrected chi connectivity index (χ2v) is 3.88. The van der Waals surface area contributed by atoms with Crippen molar-refractivity contribution in [3.05, 3.63) is 0 Å². The fourth-order valence-electron chi connectivity index (χ4n) is 1.12. The number of carbonyl (C=O) groups excluding carboxylic acids is 1. The van der Waals surface area contributed by atoms with Gasteiger partial charge in [0.1, 0.15) is 0 Å². The molecule has 0 unspecified atom stereocenters. The quantitative estimate of drug-likeness (QED) is 0.585. The summed E-state index contributed by atoms with van der Waals surface area (Å²) in [6.45, 7) is 4.06. The van der Waals surface area contributed by atoms with E-state index < -0.39 is 5.54 Å². The van der Waals surface area contributed by atoms with Gasteiger partial charge in [0.15, 0.2) is 0 Å². The largest absolute Gasteiger partial charge is 0.380 e. The lowest BCUT2D eigenvalue weighted by atomic mass is 10.3. The van der Waals surface area contributed by atoms with Gasteiger partial charge in [-0.2, -0.15) is 0 Å². The third-order valence-electron chi connectivity index (χ3n) is 2.42. The van der Waals surface area contributed by atoms with Crippen LogP contribution in [0.5, 0.6) is 0 Å². The Kier molecular flexibility index (Phi) is 4.35. The Labute approximate surface area is 85.2 Å². The first-order valence-corrected chi connectivity index (χ1v) is 5.34. The molecule has 0 heterocycles. The predicted molar refractivity (Wildman–Crippen MR) is 54.9 cm³/mol. The molecule has 0 atom stereocenters. The molecule has 0 aromatic heterocycles. The molecule has 0 spiro atoms. The van der Waals surface area contributed by atoms with Crippen LogP contribution in [0.1, 0.15) is 32.6 Å². The SMILES string of the molecule is CCCCOCCNC(=O)C1(N)CC1. The lowest BCUT2D eigenvalue weighted by Crippen LogP contribution is -2.43. The third-order valence-corrected chi connectivity index (χ3v) is 2.42. The Balaban J connectivity index is 1.91. The summed E-state index contributed by atoms with van der Waals surface area (Å²) in [4.78, 5) is 11.3. The van der Waals surface area contributed by atoms with E-state index in [0.29, 0.717) is 13.2 Å². The highest BCUT2D eigenvalue weighted by molar-refractivity contribution is 5.88. The normalized spacial score (nSPS) is 17.9. The summed E-state index contributed by atoms with van der Waals surface area (Å²) in [6.07, 6.45) is 3.85. The van der Waals surface area contributed by atoms with E-state index >= 15 is 0 Å². The van der Waals surface area contributed by atoms with Crippen LogP contribution in [0, 0.1) is 0 Å². The zero-order valence-corrected chi connectivity index (χ0v) is 8.84. The van der Waals surface area contributed by atoms with Gasteiger partial charge < -0.3 is 15.8 Å². The van der Waals surface area contributed by atoms with Crippen LogP contribution >= 0.6 is 0 Å². The maximum atomic E-state index is 11.3. The fraction of sp³-hybridized carbons (Fsp3) is 0.900. The van der Waals surface area contributed by atoms with Gasteiger partial charge in [0.25, 0.3) is 0 Å². The lowest BCUT2D eigenvalue weighted by molar-refractivity contribution is -0.123. The van der Waals surface area contributed by atoms with Crippen molar-refractivity contribution in [3.8, 4) is 0 Å². The van der Waals surface area contributed by atoms with Crippen molar-refractivity contribution in [1.29, 1.82) is 0 Å². The molecule has 0 bridgehead atoms. The average Bonchev–Trinajstić information content (AvgIpc) is 2.91. The van der Waals surface area contributed by atoms with Gasteiger partial charge in [-0.15, -0.1) is 0 Å². The first-order chi connectivity index (χ1) is 6.69. The van der Waals surface area contributed by atoms with E-state index in [0.717, 1.165) is 32.3 Å². The Morgan fingerprint density at radius 2 is 2.21 bits per heavy atom. The molecule has 3 N–H and O–H groups in total. The standard InChI is InChI=1S/C10H20N2O2/c1-2-3-7-14-8-6-12-9(13)10(11)4-5-10/h2-8,11H2,1H3,(H,12,13). The molecule has 0 radical (unpaired) electrons. The third kappa shape index (κ3) is 3.64. The lowest BCUT2D eigenvalue weighted by Gasteiger charge is -2.09. The zero-order valence-electron chi connectivity index (χ0n) is 8.84. The van der Waals surface area contributed by atoms with Crippen molar-refractivity contribution in [2.75, 3.05) is 19.8 Å². The Bertz CT molecular complexity index is 191. The molecule has 1 aliphatic rings. The van der Waals surface area contributed by atoms with Crippen LogP contribution in [0.25, 0.3) is 0 Å². The van der Waals surface area contributed by atoms with Gasteiger partial charge in [-0.05, 0) is 19.3 Å². The summed E-state index contributed by atoms with van der Waals surface area (Å²) < 4.78 is 5.30. The first kappa shape index (κ1) is 11.5. The molecule has 1 amide bonds. The van der Waals surface area contributed by atoms with Crippen LogP contribution in [-0.2, 0) is 9.53 Å². The van der Waals surface area contributed by atoms with Crippen LogP contribution in [-0.4, -0.2) is 31.2 Å². The van der Waals surface area contributed by atoms with Gasteiger partial charge in [0.2, 0.25) is 5.91 Å². The highest BCUT2D eigenvalue weighted by atomic mass is 16.5. The van der Waals surface area contributed by atoms with Crippen molar-refractivity contribution >= 4 is 5.91 Å². The molecule has 0 saturated heterocycles. The Morgan fingerprint density at radius 3 is 2.79 bits per heavy atom. The van der Waals surface area contributed by atoms with Crippen LogP contribution in [0.4, 0.5) is 0 Å². The molecule has 0 aromatic rings. The highest BCUT2D eigenvalue weighted by Crippen LogP contribution is 2.31. The molecule has 1 aliphatic carbocycles. The number of nitrogens with one attached hydrogen (secondary N) is 1. The number of rotatable bonds is 7. The number of ether oxygens (including phenoxy) is 1. The van der Waals surface area contributed by atoms with Crippen molar-refractivity contribution in [2.45, 2.75) is 38.1 Å². The van der Waals surface area contributed by atoms with Crippen LogP contribution in [0.2, 0.25) is 0 Å². The van der Waals surface area contributed by atoms with E-state index in [9.17, 15) is 4.79 Å². The summed E-state index contributed by atoms with van der Waals surface area (Å²) in [5.41, 5.74) is 5.15. The second kappa shape index (κ2) is 5.32. The van der Waals surface area contributed by atoms with E-state index in [-0.39, 0.29) is 5.91 Å². The molecular weight excluding hydrogens is 180 g/mol. The number of hydrogen-bond acceptors (Lipinski definition) is 3. The number of nitrogens with two attached hydrogens (primary N) is 1. The minimum absolute atomic E-state index is 0.0309. The summed E-state index contributed by atoms with van der Waals surface area (Å²) in [6, 6.07) is 0. The molecule has 4 nitrogen and oxygen atoms in total. The van der Waals surface area contributed by atoms with Gasteiger partial charge in [-0.25, -0.2) is 0 Å². The Hall–Kier alpha value is -0.610. The van der Waals surface area contributed by atoms with Crippen LogP contribution in [0.3, 0.4) is 0 Å². The monoisotopic (exact) mass is 200 g/mol. The topological polar surface area (TPSA) is 64.3 Å². The first-order valence-electron chi connectivity index (χ1n) is 5.34. The molecular formula is C10H20N2O2. The minimum Gasteiger partial charge on any atom is -0.380 e. The number of unbranched alkanes of at least 4 members (excludes halogenated alkanes) is 1. The molecule has 82 valence electrons. The highest BCUT2D eigenvalue weighted by Gasteiger charge is 2.45. The van der Waals surface area contributed by atoms with E-state index in [1.165, 1.54) is 0 Å². The van der Waals surface area contributed by atoms with Gasteiger partial charge in [0.05, 0.1) is 12.1 Å². The predicted octanol–water partition coefficient (Wildman–Crippen LogP) is 0.411. The van der Waals surface area contributed by atoms with Gasteiger partial charge in [0, 0.05) is 13.2 Å². The van der Waals surface area contributed by atoms with Crippen molar-refractivity contribution in [3.63, 3.8) is 0 Å². The van der Waals surface area contributed by atoms with Crippen LogP contribution < -0.4 is 11.1 Å². The minimum atomic E-state index is -0.552.